The van der Waals surface area contributed by atoms with Crippen LogP contribution in [-0.2, 0) is 4.79 Å². The predicted octanol–water partition coefficient (Wildman–Crippen LogP) is 3.90. The number of rotatable bonds is 7. The van der Waals surface area contributed by atoms with Gasteiger partial charge < -0.3 is 15.1 Å². The summed E-state index contributed by atoms with van der Waals surface area (Å²) in [7, 11) is 0. The number of benzene rings is 1. The van der Waals surface area contributed by atoms with Crippen molar-refractivity contribution in [3.63, 3.8) is 0 Å². The number of amides is 1. The Kier molecular flexibility index (Phi) is 7.52. The topological polar surface area (TPSA) is 103 Å². The van der Waals surface area contributed by atoms with Gasteiger partial charge >= 0.3 is 0 Å². The predicted molar refractivity (Wildman–Crippen MR) is 144 cm³/mol. The van der Waals surface area contributed by atoms with Gasteiger partial charge in [-0.3, -0.25) is 4.79 Å². The van der Waals surface area contributed by atoms with Gasteiger partial charge in [0.1, 0.15) is 17.4 Å². The molecule has 0 radical (unpaired) electrons. The standard InChI is InChI=1S/C26H30Cl2N8O/c1-16(21-6-5-20(27)10-22(21)28)36-26-25(23(11-29)33-36)31-12-24(32-26)35-14-19(15-35)18-4-3-8-34(13-18)9-7-30-17(2)37/h5-6,10,12,16,18-19H,3-4,7-9,13-15H2,1-2H3,(H,30,37)/t16-,18?/m1/s1. The smallest absolute Gasteiger partial charge is 0.216 e. The van der Waals surface area contributed by atoms with Crippen LogP contribution >= 0.6 is 23.2 Å². The molecule has 1 N–H and O–H groups in total. The second-order valence-electron chi connectivity index (χ2n) is 10.00. The van der Waals surface area contributed by atoms with Crippen molar-refractivity contribution in [1.82, 2.24) is 30.0 Å². The largest absolute Gasteiger partial charge is 0.355 e. The van der Waals surface area contributed by atoms with Gasteiger partial charge in [0.05, 0.1) is 12.2 Å². The van der Waals surface area contributed by atoms with Gasteiger partial charge in [0, 0.05) is 49.7 Å². The maximum atomic E-state index is 11.2. The van der Waals surface area contributed by atoms with E-state index in [0.29, 0.717) is 39.6 Å². The van der Waals surface area contributed by atoms with Crippen LogP contribution in [-0.4, -0.2) is 69.8 Å². The molecule has 2 saturated heterocycles. The number of aromatic nitrogens is 4. The van der Waals surface area contributed by atoms with E-state index in [2.05, 4.69) is 31.3 Å². The number of nitriles is 1. The summed E-state index contributed by atoms with van der Waals surface area (Å²) in [4.78, 5) is 25.4. The normalized spacial score (nSPS) is 19.4. The third-order valence-electron chi connectivity index (χ3n) is 7.52. The number of halogens is 2. The summed E-state index contributed by atoms with van der Waals surface area (Å²) in [6.07, 6.45) is 4.16. The summed E-state index contributed by atoms with van der Waals surface area (Å²) in [5.41, 5.74) is 2.14. The van der Waals surface area contributed by atoms with Crippen molar-refractivity contribution in [3.8, 4) is 6.07 Å². The fraction of sp³-hybridized carbons (Fsp3) is 0.500. The third-order valence-corrected chi connectivity index (χ3v) is 8.08. The molecule has 9 nitrogen and oxygen atoms in total. The van der Waals surface area contributed by atoms with Gasteiger partial charge in [-0.05, 0) is 55.8 Å². The van der Waals surface area contributed by atoms with Crippen LogP contribution in [0.15, 0.2) is 24.4 Å². The molecule has 3 aromatic rings. The number of carbonyl (C=O) groups excluding carboxylic acids is 1. The van der Waals surface area contributed by atoms with Crippen LogP contribution in [0, 0.1) is 23.2 Å². The van der Waals surface area contributed by atoms with Crippen LogP contribution < -0.4 is 10.2 Å². The first-order chi connectivity index (χ1) is 17.8. The van der Waals surface area contributed by atoms with Gasteiger partial charge in [0.15, 0.2) is 11.3 Å². The van der Waals surface area contributed by atoms with Crippen molar-refractivity contribution in [2.75, 3.05) is 44.2 Å². The lowest BCUT2D eigenvalue weighted by molar-refractivity contribution is -0.119. The van der Waals surface area contributed by atoms with E-state index in [-0.39, 0.29) is 17.6 Å². The monoisotopic (exact) mass is 540 g/mol. The lowest BCUT2D eigenvalue weighted by Crippen LogP contribution is -2.54. The Balaban J connectivity index is 1.30. The van der Waals surface area contributed by atoms with E-state index in [1.54, 1.807) is 29.9 Å². The molecule has 1 aromatic carbocycles. The molecule has 0 saturated carbocycles. The van der Waals surface area contributed by atoms with Gasteiger partial charge in [-0.25, -0.2) is 14.6 Å². The average molecular weight is 541 g/mol. The first-order valence-corrected chi connectivity index (χ1v) is 13.4. The molecule has 0 aliphatic carbocycles. The molecule has 1 unspecified atom stereocenters. The Hall–Kier alpha value is -2.93. The highest BCUT2D eigenvalue weighted by Crippen LogP contribution is 2.35. The zero-order valence-corrected chi connectivity index (χ0v) is 22.5. The van der Waals surface area contributed by atoms with E-state index in [0.717, 1.165) is 44.1 Å². The van der Waals surface area contributed by atoms with Gasteiger partial charge in [-0.2, -0.15) is 10.4 Å². The molecule has 0 spiro atoms. The van der Waals surface area contributed by atoms with Gasteiger partial charge in [0.2, 0.25) is 5.91 Å². The third kappa shape index (κ3) is 5.37. The number of nitrogens with one attached hydrogen (secondary N) is 1. The number of likely N-dealkylation sites (tertiary alicyclic amines) is 1. The molecule has 2 fully saturated rings. The van der Waals surface area contributed by atoms with Crippen molar-refractivity contribution < 1.29 is 4.79 Å². The molecule has 0 bridgehead atoms. The Labute approximate surface area is 226 Å². The van der Waals surface area contributed by atoms with Crippen molar-refractivity contribution >= 4 is 46.1 Å². The lowest BCUT2D eigenvalue weighted by atomic mass is 9.80. The molecular weight excluding hydrogens is 511 g/mol. The highest BCUT2D eigenvalue weighted by molar-refractivity contribution is 6.35. The van der Waals surface area contributed by atoms with E-state index in [1.165, 1.54) is 12.8 Å². The first-order valence-electron chi connectivity index (χ1n) is 12.7. The molecule has 11 heteroatoms. The fourth-order valence-electron chi connectivity index (χ4n) is 5.44. The SMILES string of the molecule is CC(=O)NCCN1CCCC(C2CN(c3cnc4c(C#N)nn([C@H](C)c5ccc(Cl)cc5Cl)c4n3)C2)C1. The van der Waals surface area contributed by atoms with Crippen LogP contribution in [0.1, 0.15) is 44.0 Å². The molecule has 2 aliphatic heterocycles. The number of hydrogen-bond donors (Lipinski definition) is 1. The Morgan fingerprint density at radius 2 is 2.08 bits per heavy atom. The van der Waals surface area contributed by atoms with Crippen molar-refractivity contribution in [2.45, 2.75) is 32.7 Å². The summed E-state index contributed by atoms with van der Waals surface area (Å²) in [5, 5.41) is 18.1. The summed E-state index contributed by atoms with van der Waals surface area (Å²) in [5.74, 6) is 2.06. The zero-order chi connectivity index (χ0) is 26.1. The Bertz CT molecular complexity index is 1350. The van der Waals surface area contributed by atoms with Gasteiger partial charge in [0.25, 0.3) is 0 Å². The molecule has 37 heavy (non-hydrogen) atoms. The van der Waals surface area contributed by atoms with Crippen molar-refractivity contribution in [2.24, 2.45) is 11.8 Å². The molecule has 2 aromatic heterocycles. The number of piperidine rings is 1. The quantitative estimate of drug-likeness (QED) is 0.484. The Morgan fingerprint density at radius 1 is 1.27 bits per heavy atom. The van der Waals surface area contributed by atoms with E-state index in [1.807, 2.05) is 13.0 Å². The molecular formula is C26H30Cl2N8O. The molecule has 1 amide bonds. The van der Waals surface area contributed by atoms with Crippen LogP contribution in [0.5, 0.6) is 0 Å². The summed E-state index contributed by atoms with van der Waals surface area (Å²) in [6.45, 7) is 9.16. The minimum Gasteiger partial charge on any atom is -0.355 e. The highest BCUT2D eigenvalue weighted by atomic mass is 35.5. The average Bonchev–Trinajstić information content (AvgIpc) is 3.21. The van der Waals surface area contributed by atoms with Crippen molar-refractivity contribution in [3.05, 3.63) is 45.7 Å². The van der Waals surface area contributed by atoms with Crippen LogP contribution in [0.2, 0.25) is 10.0 Å². The second-order valence-corrected chi connectivity index (χ2v) is 10.8. The Morgan fingerprint density at radius 3 is 2.81 bits per heavy atom. The maximum Gasteiger partial charge on any atom is 0.216 e. The number of nitrogens with zero attached hydrogens (tertiary/aromatic N) is 7. The lowest BCUT2D eigenvalue weighted by Gasteiger charge is -2.47. The molecule has 4 heterocycles. The molecule has 5 rings (SSSR count). The zero-order valence-electron chi connectivity index (χ0n) is 21.0. The van der Waals surface area contributed by atoms with E-state index in [4.69, 9.17) is 28.2 Å². The number of fused-ring (bicyclic) bond motifs is 1. The maximum absolute atomic E-state index is 11.2. The number of carbonyl (C=O) groups is 1. The molecule has 2 atom stereocenters. The second kappa shape index (κ2) is 10.8. The van der Waals surface area contributed by atoms with E-state index >= 15 is 0 Å². The van der Waals surface area contributed by atoms with Gasteiger partial charge in [-0.15, -0.1) is 0 Å². The van der Waals surface area contributed by atoms with E-state index in [9.17, 15) is 10.1 Å². The fourth-order valence-corrected chi connectivity index (χ4v) is 6.00. The van der Waals surface area contributed by atoms with Crippen LogP contribution in [0.25, 0.3) is 11.2 Å². The van der Waals surface area contributed by atoms with Crippen LogP contribution in [0.3, 0.4) is 0 Å². The summed E-state index contributed by atoms with van der Waals surface area (Å²) >= 11 is 12.5. The summed E-state index contributed by atoms with van der Waals surface area (Å²) in [6, 6.07) is 7.25. The minimum atomic E-state index is -0.256. The van der Waals surface area contributed by atoms with Gasteiger partial charge in [-0.1, -0.05) is 29.3 Å². The van der Waals surface area contributed by atoms with Crippen molar-refractivity contribution in [1.29, 1.82) is 5.26 Å². The highest BCUT2D eigenvalue weighted by Gasteiger charge is 2.36. The summed E-state index contributed by atoms with van der Waals surface area (Å²) < 4.78 is 1.73. The number of anilines is 1. The number of hydrogen-bond acceptors (Lipinski definition) is 7. The molecule has 2 aliphatic rings. The minimum absolute atomic E-state index is 0.0233. The van der Waals surface area contributed by atoms with E-state index < -0.39 is 0 Å². The van der Waals surface area contributed by atoms with Crippen LogP contribution in [0.4, 0.5) is 5.82 Å². The first kappa shape index (κ1) is 25.7. The molecule has 194 valence electrons.